The van der Waals surface area contributed by atoms with E-state index in [0.29, 0.717) is 11.7 Å². The van der Waals surface area contributed by atoms with Crippen LogP contribution in [0.3, 0.4) is 0 Å². The van der Waals surface area contributed by atoms with E-state index in [0.717, 1.165) is 21.3 Å². The Morgan fingerprint density at radius 1 is 1.11 bits per heavy atom. The number of phenols is 1. The van der Waals surface area contributed by atoms with Gasteiger partial charge in [0.15, 0.2) is 0 Å². The SMILES string of the molecule is CC.Oc1c(Br)cc2c(c1Br)C1CCCCC1CC2. The Balaban J connectivity index is 0.000000637. The van der Waals surface area contributed by atoms with E-state index in [-0.39, 0.29) is 0 Å². The van der Waals surface area contributed by atoms with Gasteiger partial charge in [0.2, 0.25) is 0 Å². The lowest BCUT2D eigenvalue weighted by molar-refractivity contribution is 0.274. The number of aromatic hydroxyl groups is 1. The van der Waals surface area contributed by atoms with Gasteiger partial charge in [0.25, 0.3) is 0 Å². The van der Waals surface area contributed by atoms with Crippen molar-refractivity contribution < 1.29 is 5.11 Å². The van der Waals surface area contributed by atoms with E-state index in [9.17, 15) is 5.11 Å². The molecule has 3 rings (SSSR count). The van der Waals surface area contributed by atoms with Crippen molar-refractivity contribution in [2.75, 3.05) is 0 Å². The lowest BCUT2D eigenvalue weighted by atomic mass is 9.68. The quantitative estimate of drug-likeness (QED) is 0.562. The normalized spacial score (nSPS) is 24.8. The molecule has 1 fully saturated rings. The van der Waals surface area contributed by atoms with Crippen LogP contribution in [0.2, 0.25) is 0 Å². The summed E-state index contributed by atoms with van der Waals surface area (Å²) in [6, 6.07) is 2.11. The lowest BCUT2D eigenvalue weighted by Gasteiger charge is -2.38. The molecule has 2 unspecified atom stereocenters. The number of phenolic OH excluding ortho intramolecular Hbond substituents is 1. The number of hydrogen-bond donors (Lipinski definition) is 1. The van der Waals surface area contributed by atoms with Crippen molar-refractivity contribution >= 4 is 31.9 Å². The van der Waals surface area contributed by atoms with Crippen LogP contribution in [-0.4, -0.2) is 5.11 Å². The highest BCUT2D eigenvalue weighted by molar-refractivity contribution is 9.11. The summed E-state index contributed by atoms with van der Waals surface area (Å²) in [5, 5.41) is 10.1. The van der Waals surface area contributed by atoms with Gasteiger partial charge in [-0.2, -0.15) is 0 Å². The van der Waals surface area contributed by atoms with Crippen LogP contribution in [0, 0.1) is 5.92 Å². The molecular formula is C16H22Br2O. The zero-order valence-corrected chi connectivity index (χ0v) is 14.8. The van der Waals surface area contributed by atoms with Crippen LogP contribution in [0.4, 0.5) is 0 Å². The molecule has 0 heterocycles. The van der Waals surface area contributed by atoms with Gasteiger partial charge in [0.05, 0.1) is 8.95 Å². The van der Waals surface area contributed by atoms with Crippen LogP contribution in [0.1, 0.15) is 63.0 Å². The number of fused-ring (bicyclic) bond motifs is 3. The summed E-state index contributed by atoms with van der Waals surface area (Å²) in [6.07, 6.45) is 7.86. The second kappa shape index (κ2) is 6.62. The molecule has 1 nitrogen and oxygen atoms in total. The van der Waals surface area contributed by atoms with Crippen LogP contribution in [0.5, 0.6) is 5.75 Å². The van der Waals surface area contributed by atoms with Crippen molar-refractivity contribution in [3.63, 3.8) is 0 Å². The van der Waals surface area contributed by atoms with E-state index < -0.39 is 0 Å². The van der Waals surface area contributed by atoms with Crippen molar-refractivity contribution in [1.82, 2.24) is 0 Å². The van der Waals surface area contributed by atoms with Crippen LogP contribution < -0.4 is 0 Å². The van der Waals surface area contributed by atoms with Crippen molar-refractivity contribution in [3.8, 4) is 5.75 Å². The van der Waals surface area contributed by atoms with E-state index in [1.54, 1.807) is 0 Å². The first-order valence-electron chi connectivity index (χ1n) is 7.38. The largest absolute Gasteiger partial charge is 0.506 e. The lowest BCUT2D eigenvalue weighted by Crippen LogP contribution is -2.24. The zero-order valence-electron chi connectivity index (χ0n) is 11.7. The highest BCUT2D eigenvalue weighted by Gasteiger charge is 2.34. The fraction of sp³-hybridized carbons (Fsp3) is 0.625. The van der Waals surface area contributed by atoms with Gasteiger partial charge in [-0.15, -0.1) is 0 Å². The number of aryl methyl sites for hydroxylation is 1. The van der Waals surface area contributed by atoms with Crippen molar-refractivity contribution in [3.05, 3.63) is 26.1 Å². The maximum atomic E-state index is 10.1. The molecule has 0 spiro atoms. The van der Waals surface area contributed by atoms with Crippen molar-refractivity contribution in [2.24, 2.45) is 5.92 Å². The van der Waals surface area contributed by atoms with E-state index in [1.807, 2.05) is 13.8 Å². The Kier molecular flexibility index (Phi) is 5.36. The first kappa shape index (κ1) is 15.4. The molecule has 2 aliphatic carbocycles. The molecule has 2 atom stereocenters. The van der Waals surface area contributed by atoms with E-state index in [2.05, 4.69) is 37.9 Å². The topological polar surface area (TPSA) is 20.2 Å². The molecule has 1 aromatic rings. The highest BCUT2D eigenvalue weighted by Crippen LogP contribution is 2.50. The molecule has 3 heteroatoms. The van der Waals surface area contributed by atoms with Crippen molar-refractivity contribution in [2.45, 2.75) is 58.3 Å². The second-order valence-corrected chi connectivity index (χ2v) is 6.93. The molecule has 2 aliphatic rings. The van der Waals surface area contributed by atoms with Gasteiger partial charge in [0, 0.05) is 0 Å². The Hall–Kier alpha value is -0.0200. The minimum absolute atomic E-state index is 0.370. The summed E-state index contributed by atoms with van der Waals surface area (Å²) in [6.45, 7) is 4.00. The molecule has 1 aromatic carbocycles. The van der Waals surface area contributed by atoms with Gasteiger partial charge in [-0.3, -0.25) is 0 Å². The third-order valence-corrected chi connectivity index (χ3v) is 5.79. The maximum absolute atomic E-state index is 10.1. The zero-order chi connectivity index (χ0) is 14.0. The summed E-state index contributed by atoms with van der Waals surface area (Å²) in [4.78, 5) is 0. The first-order valence-corrected chi connectivity index (χ1v) is 8.97. The minimum atomic E-state index is 0.370. The molecule has 0 aromatic heterocycles. The van der Waals surface area contributed by atoms with Crippen molar-refractivity contribution in [1.29, 1.82) is 0 Å². The first-order chi connectivity index (χ1) is 9.18. The number of rotatable bonds is 0. The summed E-state index contributed by atoms with van der Waals surface area (Å²) in [5.74, 6) is 1.88. The molecule has 106 valence electrons. The Morgan fingerprint density at radius 2 is 1.79 bits per heavy atom. The van der Waals surface area contributed by atoms with Crippen LogP contribution in [0.25, 0.3) is 0 Å². The average molecular weight is 390 g/mol. The summed E-state index contributed by atoms with van der Waals surface area (Å²) in [7, 11) is 0. The van der Waals surface area contributed by atoms with Gasteiger partial charge in [-0.1, -0.05) is 26.7 Å². The Labute approximate surface area is 133 Å². The monoisotopic (exact) mass is 388 g/mol. The molecule has 19 heavy (non-hydrogen) atoms. The minimum Gasteiger partial charge on any atom is -0.506 e. The van der Waals surface area contributed by atoms with Crippen LogP contribution in [-0.2, 0) is 6.42 Å². The van der Waals surface area contributed by atoms with E-state index in [1.165, 1.54) is 43.2 Å². The predicted octanol–water partition coefficient (Wildman–Crippen LogP) is 6.16. The summed E-state index contributed by atoms with van der Waals surface area (Å²) >= 11 is 7.03. The van der Waals surface area contributed by atoms with Crippen LogP contribution in [0.15, 0.2) is 15.0 Å². The molecule has 1 N–H and O–H groups in total. The smallest absolute Gasteiger partial charge is 0.144 e. The maximum Gasteiger partial charge on any atom is 0.144 e. The molecule has 0 aliphatic heterocycles. The van der Waals surface area contributed by atoms with Crippen LogP contribution >= 0.6 is 31.9 Å². The standard InChI is InChI=1S/C14H16Br2O.C2H6/c15-11-7-9-6-5-8-3-1-2-4-10(8)12(9)13(16)14(11)17;1-2/h7-8,10,17H,1-6H2;1-2H3. The van der Waals surface area contributed by atoms with Gasteiger partial charge >= 0.3 is 0 Å². The Bertz CT molecular complexity index is 457. The highest BCUT2D eigenvalue weighted by atomic mass is 79.9. The third-order valence-electron chi connectivity index (χ3n) is 4.38. The van der Waals surface area contributed by atoms with Gasteiger partial charge in [0.1, 0.15) is 5.75 Å². The van der Waals surface area contributed by atoms with E-state index >= 15 is 0 Å². The molecular weight excluding hydrogens is 368 g/mol. The predicted molar refractivity (Wildman–Crippen MR) is 87.9 cm³/mol. The second-order valence-electron chi connectivity index (χ2n) is 5.28. The molecule has 0 bridgehead atoms. The van der Waals surface area contributed by atoms with Gasteiger partial charge in [-0.25, -0.2) is 0 Å². The van der Waals surface area contributed by atoms with Gasteiger partial charge < -0.3 is 5.11 Å². The fourth-order valence-corrected chi connectivity index (χ4v) is 5.06. The summed E-state index contributed by atoms with van der Waals surface area (Å²) in [5.41, 5.74) is 2.81. The molecule has 0 amide bonds. The Morgan fingerprint density at radius 3 is 2.53 bits per heavy atom. The number of benzene rings is 1. The summed E-state index contributed by atoms with van der Waals surface area (Å²) < 4.78 is 1.75. The van der Waals surface area contributed by atoms with Gasteiger partial charge in [-0.05, 0) is 86.6 Å². The van der Waals surface area contributed by atoms with E-state index in [4.69, 9.17) is 0 Å². The average Bonchev–Trinajstić information content (AvgIpc) is 2.46. The number of hydrogen-bond acceptors (Lipinski definition) is 1. The third kappa shape index (κ3) is 2.87. The molecule has 0 radical (unpaired) electrons. The molecule has 1 saturated carbocycles. The number of halogens is 2. The fourth-order valence-electron chi connectivity index (χ4n) is 3.55. The molecule has 0 saturated heterocycles.